The number of nitroso groups, excluding NO2 is 1. The van der Waals surface area contributed by atoms with Gasteiger partial charge in [-0.15, -0.1) is 16.7 Å². The number of benzene rings is 1. The molecule has 0 unspecified atom stereocenters. The molecule has 20 heavy (non-hydrogen) atoms. The molecule has 0 aliphatic rings. The predicted molar refractivity (Wildman–Crippen MR) is 82.2 cm³/mol. The van der Waals surface area contributed by atoms with Crippen LogP contribution in [0.2, 0.25) is 0 Å². The number of carbonyl (C=O) groups excluding carboxylic acids is 1. The number of carbonyl (C=O) groups is 1. The molecule has 1 aromatic rings. The van der Waals surface area contributed by atoms with Crippen molar-refractivity contribution in [1.82, 2.24) is 0 Å². The fourth-order valence-corrected chi connectivity index (χ4v) is 2.73. The summed E-state index contributed by atoms with van der Waals surface area (Å²) >= 11 is 1.85. The van der Waals surface area contributed by atoms with E-state index in [-0.39, 0.29) is 0 Å². The van der Waals surface area contributed by atoms with Gasteiger partial charge in [0.25, 0.3) is 5.91 Å². The van der Waals surface area contributed by atoms with Crippen molar-refractivity contribution in [3.05, 3.63) is 29.2 Å². The van der Waals surface area contributed by atoms with Crippen LogP contribution in [0.4, 0.5) is 0 Å². The minimum absolute atomic E-state index is 0.296. The maximum atomic E-state index is 10.7. The average molecular weight is 295 g/mol. The summed E-state index contributed by atoms with van der Waals surface area (Å²) in [6.45, 7) is 0. The highest BCUT2D eigenvalue weighted by Gasteiger charge is 2.00. The Labute approximate surface area is 124 Å². The van der Waals surface area contributed by atoms with Crippen LogP contribution in [0.3, 0.4) is 0 Å². The second-order valence-electron chi connectivity index (χ2n) is 4.53. The van der Waals surface area contributed by atoms with E-state index in [2.05, 4.69) is 17.3 Å². The Morgan fingerprint density at radius 1 is 1.10 bits per heavy atom. The van der Waals surface area contributed by atoms with E-state index in [1.165, 1.54) is 4.90 Å². The van der Waals surface area contributed by atoms with Crippen molar-refractivity contribution in [2.45, 2.75) is 43.4 Å². The van der Waals surface area contributed by atoms with Gasteiger partial charge in [-0.05, 0) is 42.9 Å². The monoisotopic (exact) mass is 295 g/mol. The van der Waals surface area contributed by atoms with Gasteiger partial charge in [0, 0.05) is 16.5 Å². The van der Waals surface area contributed by atoms with Crippen molar-refractivity contribution in [3.8, 4) is 5.75 Å². The first kappa shape index (κ1) is 16.7. The summed E-state index contributed by atoms with van der Waals surface area (Å²) in [5, 5.41) is 2.38. The molecule has 0 aliphatic carbocycles. The molecule has 1 amide bonds. The number of hydrogen-bond acceptors (Lipinski definition) is 4. The molecular weight excluding hydrogens is 274 g/mol. The number of rotatable bonds is 10. The molecule has 0 aromatic heterocycles. The SMILES string of the molecule is COc1ccc(SCCCCCCCC(=O)N=O)cc1. The van der Waals surface area contributed by atoms with E-state index < -0.39 is 5.91 Å². The topological polar surface area (TPSA) is 55.7 Å². The van der Waals surface area contributed by atoms with E-state index in [0.29, 0.717) is 6.42 Å². The number of thioether (sulfide) groups is 1. The number of nitrogens with zero attached hydrogens (tertiary/aromatic N) is 1. The van der Waals surface area contributed by atoms with Crippen molar-refractivity contribution < 1.29 is 9.53 Å². The van der Waals surface area contributed by atoms with Crippen LogP contribution in [-0.4, -0.2) is 18.8 Å². The Morgan fingerprint density at radius 2 is 1.75 bits per heavy atom. The summed E-state index contributed by atoms with van der Waals surface area (Å²) in [6, 6.07) is 8.09. The largest absolute Gasteiger partial charge is 0.497 e. The lowest BCUT2D eigenvalue weighted by molar-refractivity contribution is -0.118. The number of unbranched alkanes of at least 4 members (excludes halogenated alkanes) is 4. The summed E-state index contributed by atoms with van der Waals surface area (Å²) < 4.78 is 5.12. The summed E-state index contributed by atoms with van der Waals surface area (Å²) in [5.41, 5.74) is 0. The maximum absolute atomic E-state index is 10.7. The van der Waals surface area contributed by atoms with Crippen molar-refractivity contribution >= 4 is 17.7 Å². The summed E-state index contributed by atoms with van der Waals surface area (Å²) in [4.78, 5) is 21.8. The second-order valence-corrected chi connectivity index (χ2v) is 5.70. The minimum Gasteiger partial charge on any atom is -0.497 e. The number of amides is 1. The van der Waals surface area contributed by atoms with Crippen molar-refractivity contribution in [1.29, 1.82) is 0 Å². The van der Waals surface area contributed by atoms with Crippen LogP contribution < -0.4 is 4.74 Å². The first-order chi connectivity index (χ1) is 9.76. The summed E-state index contributed by atoms with van der Waals surface area (Å²) in [5.74, 6) is 1.45. The molecule has 5 heteroatoms. The third kappa shape index (κ3) is 7.28. The molecule has 0 radical (unpaired) electrons. The van der Waals surface area contributed by atoms with Gasteiger partial charge in [0.1, 0.15) is 5.75 Å². The molecule has 0 aliphatic heterocycles. The quantitative estimate of drug-likeness (QED) is 0.364. The molecule has 0 bridgehead atoms. The fourth-order valence-electron chi connectivity index (χ4n) is 1.82. The van der Waals surface area contributed by atoms with Gasteiger partial charge in [-0.2, -0.15) is 0 Å². The van der Waals surface area contributed by atoms with E-state index in [1.54, 1.807) is 7.11 Å². The van der Waals surface area contributed by atoms with Gasteiger partial charge in [-0.25, -0.2) is 0 Å². The Balaban J connectivity index is 1.99. The third-order valence-corrected chi connectivity index (χ3v) is 4.06. The first-order valence-electron chi connectivity index (χ1n) is 6.89. The molecule has 110 valence electrons. The Kier molecular flexibility index (Phi) is 8.71. The Bertz CT molecular complexity index is 406. The highest BCUT2D eigenvalue weighted by molar-refractivity contribution is 7.99. The van der Waals surface area contributed by atoms with Gasteiger partial charge in [-0.1, -0.05) is 19.3 Å². The van der Waals surface area contributed by atoms with E-state index >= 15 is 0 Å². The lowest BCUT2D eigenvalue weighted by Gasteiger charge is -2.03. The van der Waals surface area contributed by atoms with Crippen molar-refractivity contribution in [3.63, 3.8) is 0 Å². The molecular formula is C15H21NO3S. The first-order valence-corrected chi connectivity index (χ1v) is 7.88. The number of methoxy groups -OCH3 is 1. The van der Waals surface area contributed by atoms with Gasteiger partial charge in [-0.3, -0.25) is 4.79 Å². The highest BCUT2D eigenvalue weighted by Crippen LogP contribution is 2.22. The van der Waals surface area contributed by atoms with Gasteiger partial charge in [0.2, 0.25) is 0 Å². The standard InChI is InChI=1S/C15H21NO3S/c1-19-13-8-10-14(11-9-13)20-12-6-4-2-3-5-7-15(17)16-18/h8-11H,2-7,12H2,1H3. The van der Waals surface area contributed by atoms with E-state index in [0.717, 1.165) is 43.6 Å². The van der Waals surface area contributed by atoms with Crippen LogP contribution >= 0.6 is 11.8 Å². The van der Waals surface area contributed by atoms with Gasteiger partial charge < -0.3 is 4.74 Å². The maximum Gasteiger partial charge on any atom is 0.286 e. The molecule has 4 nitrogen and oxygen atoms in total. The van der Waals surface area contributed by atoms with Gasteiger partial charge in [0.05, 0.1) is 7.11 Å². The molecule has 0 saturated heterocycles. The van der Waals surface area contributed by atoms with Crippen LogP contribution in [0.25, 0.3) is 0 Å². The molecule has 1 rings (SSSR count). The van der Waals surface area contributed by atoms with Crippen LogP contribution in [-0.2, 0) is 4.79 Å². The predicted octanol–water partition coefficient (Wildman–Crippen LogP) is 4.42. The molecule has 0 N–H and O–H groups in total. The molecule has 0 fully saturated rings. The van der Waals surface area contributed by atoms with Gasteiger partial charge in [0.15, 0.2) is 0 Å². The van der Waals surface area contributed by atoms with Crippen molar-refractivity contribution in [2.24, 2.45) is 5.18 Å². The number of hydrogen-bond donors (Lipinski definition) is 0. The molecule has 0 atom stereocenters. The number of ether oxygens (including phenoxy) is 1. The Morgan fingerprint density at radius 3 is 2.40 bits per heavy atom. The summed E-state index contributed by atoms with van der Waals surface area (Å²) in [6.07, 6.45) is 5.49. The van der Waals surface area contributed by atoms with E-state index in [9.17, 15) is 9.70 Å². The fraction of sp³-hybridized carbons (Fsp3) is 0.533. The van der Waals surface area contributed by atoms with Crippen molar-refractivity contribution in [2.75, 3.05) is 12.9 Å². The molecule has 0 spiro atoms. The zero-order valence-electron chi connectivity index (χ0n) is 11.8. The van der Waals surface area contributed by atoms with Gasteiger partial charge >= 0.3 is 0 Å². The second kappa shape index (κ2) is 10.4. The molecule has 0 saturated carbocycles. The molecule has 0 heterocycles. The molecule has 1 aromatic carbocycles. The lowest BCUT2D eigenvalue weighted by atomic mass is 10.1. The van der Waals surface area contributed by atoms with E-state index in [1.807, 2.05) is 23.9 Å². The summed E-state index contributed by atoms with van der Waals surface area (Å²) in [7, 11) is 1.67. The third-order valence-electron chi connectivity index (χ3n) is 2.96. The van der Waals surface area contributed by atoms with E-state index in [4.69, 9.17) is 4.74 Å². The average Bonchev–Trinajstić information content (AvgIpc) is 2.50. The smallest absolute Gasteiger partial charge is 0.286 e. The zero-order valence-corrected chi connectivity index (χ0v) is 12.7. The Hall–Kier alpha value is -1.36. The van der Waals surface area contributed by atoms with Crippen LogP contribution in [0.5, 0.6) is 5.75 Å². The van der Waals surface area contributed by atoms with Crippen LogP contribution in [0, 0.1) is 4.91 Å². The highest BCUT2D eigenvalue weighted by atomic mass is 32.2. The normalized spacial score (nSPS) is 10.2. The zero-order chi connectivity index (χ0) is 14.6. The minimum atomic E-state index is -0.528. The van der Waals surface area contributed by atoms with Crippen LogP contribution in [0.1, 0.15) is 38.5 Å². The lowest BCUT2D eigenvalue weighted by Crippen LogP contribution is -1.91. The van der Waals surface area contributed by atoms with Crippen LogP contribution in [0.15, 0.2) is 34.3 Å².